The molecule has 4 heteroatoms. The number of halogens is 3. The predicted molar refractivity (Wildman–Crippen MR) is 84.5 cm³/mol. The highest BCUT2D eigenvalue weighted by molar-refractivity contribution is 14.1. The molecule has 0 saturated heterocycles. The van der Waals surface area contributed by atoms with Gasteiger partial charge in [-0.25, -0.2) is 8.78 Å². The highest BCUT2D eigenvalue weighted by Crippen LogP contribution is 2.32. The van der Waals surface area contributed by atoms with E-state index in [1.807, 2.05) is 0 Å². The quantitative estimate of drug-likeness (QED) is 0.765. The van der Waals surface area contributed by atoms with E-state index in [2.05, 4.69) is 22.6 Å². The fourth-order valence-corrected chi connectivity index (χ4v) is 2.80. The van der Waals surface area contributed by atoms with Gasteiger partial charge in [0.2, 0.25) is 0 Å². The van der Waals surface area contributed by atoms with Gasteiger partial charge in [-0.15, -0.1) is 0 Å². The van der Waals surface area contributed by atoms with Gasteiger partial charge in [-0.3, -0.25) is 0 Å². The first-order chi connectivity index (χ1) is 9.61. The maximum Gasteiger partial charge on any atom is 0.123 e. The maximum absolute atomic E-state index is 13.0. The zero-order chi connectivity index (χ0) is 14.5. The van der Waals surface area contributed by atoms with Crippen LogP contribution in [0.1, 0.15) is 17.5 Å². The van der Waals surface area contributed by atoms with E-state index < -0.39 is 0 Å². The van der Waals surface area contributed by atoms with Crippen molar-refractivity contribution in [3.8, 4) is 0 Å². The van der Waals surface area contributed by atoms with Gasteiger partial charge in [0.1, 0.15) is 11.6 Å². The summed E-state index contributed by atoms with van der Waals surface area (Å²) >= 11 is 2.16. The van der Waals surface area contributed by atoms with E-state index in [1.54, 1.807) is 24.3 Å². The summed E-state index contributed by atoms with van der Waals surface area (Å²) < 4.78 is 27.0. The average Bonchev–Trinajstić information content (AvgIpc) is 2.44. The number of hydrogen-bond donors (Lipinski definition) is 1. The van der Waals surface area contributed by atoms with Crippen LogP contribution in [0, 0.1) is 11.6 Å². The Hall–Kier alpha value is -1.27. The van der Waals surface area contributed by atoms with Crippen molar-refractivity contribution in [1.82, 2.24) is 0 Å². The molecule has 104 valence electrons. The van der Waals surface area contributed by atoms with Gasteiger partial charge in [0.05, 0.1) is 0 Å². The molecule has 0 amide bonds. The molecule has 0 fully saturated rings. The minimum Gasteiger partial charge on any atom is -0.396 e. The molecule has 2 rings (SSSR count). The lowest BCUT2D eigenvalue weighted by molar-refractivity contribution is 0.302. The predicted octanol–water partition coefficient (Wildman–Crippen LogP) is 4.54. The van der Waals surface area contributed by atoms with Crippen LogP contribution < -0.4 is 0 Å². The summed E-state index contributed by atoms with van der Waals surface area (Å²) in [5.74, 6) is -0.603. The summed E-state index contributed by atoms with van der Waals surface area (Å²) in [6, 6.07) is 12.3. The van der Waals surface area contributed by atoms with Crippen molar-refractivity contribution in [2.75, 3.05) is 6.61 Å². The fourth-order valence-electron chi connectivity index (χ4n) is 1.94. The van der Waals surface area contributed by atoms with E-state index in [9.17, 15) is 8.78 Å². The molecule has 0 saturated carbocycles. The Morgan fingerprint density at radius 1 is 0.850 bits per heavy atom. The number of aliphatic hydroxyl groups excluding tert-OH is 1. The molecule has 0 heterocycles. The first kappa shape index (κ1) is 15.1. The van der Waals surface area contributed by atoms with Gasteiger partial charge in [-0.2, -0.15) is 0 Å². The Labute approximate surface area is 130 Å². The summed E-state index contributed by atoms with van der Waals surface area (Å²) in [4.78, 5) is 0. The number of benzene rings is 2. The van der Waals surface area contributed by atoms with Crippen LogP contribution in [-0.2, 0) is 0 Å². The van der Waals surface area contributed by atoms with E-state index in [-0.39, 0.29) is 18.2 Å². The summed E-state index contributed by atoms with van der Waals surface area (Å²) in [5.41, 5.74) is 2.58. The molecule has 0 aliphatic heterocycles. The molecular formula is C16H13F2IO. The minimum absolute atomic E-state index is 0.0319. The van der Waals surface area contributed by atoms with Crippen molar-refractivity contribution in [3.05, 3.63) is 74.9 Å². The SMILES string of the molecule is OCCC(I)=C(c1ccc(F)cc1)c1ccc(F)cc1. The van der Waals surface area contributed by atoms with E-state index in [0.717, 1.165) is 20.3 Å². The topological polar surface area (TPSA) is 20.2 Å². The molecule has 0 atom stereocenters. The van der Waals surface area contributed by atoms with Crippen molar-refractivity contribution >= 4 is 28.2 Å². The van der Waals surface area contributed by atoms with Crippen molar-refractivity contribution in [2.24, 2.45) is 0 Å². The molecule has 1 nitrogen and oxygen atoms in total. The fraction of sp³-hybridized carbons (Fsp3) is 0.125. The van der Waals surface area contributed by atoms with Crippen LogP contribution in [-0.4, -0.2) is 11.7 Å². The zero-order valence-electron chi connectivity index (χ0n) is 10.6. The molecule has 0 aromatic heterocycles. The van der Waals surface area contributed by atoms with Crippen LogP contribution in [0.15, 0.2) is 52.1 Å². The number of rotatable bonds is 4. The number of hydrogen-bond acceptors (Lipinski definition) is 1. The molecule has 1 N–H and O–H groups in total. The molecule has 0 unspecified atom stereocenters. The van der Waals surface area contributed by atoms with Gasteiger partial charge in [0.15, 0.2) is 0 Å². The lowest BCUT2D eigenvalue weighted by Crippen LogP contribution is -1.94. The van der Waals surface area contributed by atoms with E-state index in [4.69, 9.17) is 5.11 Å². The highest BCUT2D eigenvalue weighted by atomic mass is 127. The van der Waals surface area contributed by atoms with Gasteiger partial charge < -0.3 is 5.11 Å². The molecule has 0 spiro atoms. The van der Waals surface area contributed by atoms with Gasteiger partial charge in [-0.05, 0) is 63.6 Å². The Kier molecular flexibility index (Phi) is 5.25. The van der Waals surface area contributed by atoms with Crippen LogP contribution in [0.2, 0.25) is 0 Å². The van der Waals surface area contributed by atoms with Gasteiger partial charge in [0, 0.05) is 16.6 Å². The second-order valence-electron chi connectivity index (χ2n) is 4.27. The second kappa shape index (κ2) is 6.95. The zero-order valence-corrected chi connectivity index (χ0v) is 12.8. The van der Waals surface area contributed by atoms with Crippen LogP contribution >= 0.6 is 22.6 Å². The normalized spacial score (nSPS) is 10.4. The van der Waals surface area contributed by atoms with Crippen molar-refractivity contribution in [1.29, 1.82) is 0 Å². The van der Waals surface area contributed by atoms with E-state index in [0.29, 0.717) is 6.42 Å². The average molecular weight is 386 g/mol. The molecule has 2 aromatic rings. The number of aliphatic hydroxyl groups is 1. The minimum atomic E-state index is -0.302. The third-order valence-electron chi connectivity index (χ3n) is 2.87. The lowest BCUT2D eigenvalue weighted by atomic mass is 9.97. The van der Waals surface area contributed by atoms with Crippen LogP contribution in [0.4, 0.5) is 8.78 Å². The largest absolute Gasteiger partial charge is 0.396 e. The molecular weight excluding hydrogens is 373 g/mol. The van der Waals surface area contributed by atoms with E-state index >= 15 is 0 Å². The monoisotopic (exact) mass is 386 g/mol. The van der Waals surface area contributed by atoms with Gasteiger partial charge >= 0.3 is 0 Å². The Balaban J connectivity index is 2.53. The maximum atomic E-state index is 13.0. The van der Waals surface area contributed by atoms with Crippen molar-refractivity contribution in [2.45, 2.75) is 6.42 Å². The van der Waals surface area contributed by atoms with Crippen LogP contribution in [0.25, 0.3) is 5.57 Å². The Bertz CT molecular complexity index is 556. The van der Waals surface area contributed by atoms with Crippen molar-refractivity contribution in [3.63, 3.8) is 0 Å². The summed E-state index contributed by atoms with van der Waals surface area (Å²) in [5, 5.41) is 9.11. The van der Waals surface area contributed by atoms with Crippen molar-refractivity contribution < 1.29 is 13.9 Å². The molecule has 0 aliphatic carbocycles. The summed E-state index contributed by atoms with van der Waals surface area (Å²) in [7, 11) is 0. The first-order valence-electron chi connectivity index (χ1n) is 6.13. The highest BCUT2D eigenvalue weighted by Gasteiger charge is 2.10. The molecule has 0 aliphatic rings. The standard InChI is InChI=1S/C16H13F2IO/c17-13-5-1-11(2-6-13)16(15(19)9-10-20)12-3-7-14(18)8-4-12/h1-8,20H,9-10H2. The first-order valence-corrected chi connectivity index (χ1v) is 7.21. The van der Waals surface area contributed by atoms with Gasteiger partial charge in [0.25, 0.3) is 0 Å². The Morgan fingerprint density at radius 3 is 1.60 bits per heavy atom. The third-order valence-corrected chi connectivity index (χ3v) is 3.95. The summed E-state index contributed by atoms with van der Waals surface area (Å²) in [6.45, 7) is 0.0319. The molecule has 2 aromatic carbocycles. The summed E-state index contributed by atoms with van der Waals surface area (Å²) in [6.07, 6.45) is 0.505. The van der Waals surface area contributed by atoms with E-state index in [1.165, 1.54) is 24.3 Å². The lowest BCUT2D eigenvalue weighted by Gasteiger charge is -2.12. The third kappa shape index (κ3) is 3.64. The van der Waals surface area contributed by atoms with Crippen LogP contribution in [0.3, 0.4) is 0 Å². The van der Waals surface area contributed by atoms with Crippen LogP contribution in [0.5, 0.6) is 0 Å². The Morgan fingerprint density at radius 2 is 1.25 bits per heavy atom. The smallest absolute Gasteiger partial charge is 0.123 e. The van der Waals surface area contributed by atoms with Gasteiger partial charge in [-0.1, -0.05) is 24.3 Å². The molecule has 0 radical (unpaired) electrons. The second-order valence-corrected chi connectivity index (χ2v) is 5.57. The molecule has 0 bridgehead atoms. The molecule has 20 heavy (non-hydrogen) atoms.